The zero-order chi connectivity index (χ0) is 19.8. The van der Waals surface area contributed by atoms with Crippen LogP contribution in [-0.4, -0.2) is 31.0 Å². The first-order chi connectivity index (χ1) is 12.9. The molecule has 2 rings (SSSR count). The molecule has 2 aromatic rings. The summed E-state index contributed by atoms with van der Waals surface area (Å²) in [5.74, 6) is -0.129. The van der Waals surface area contributed by atoms with Gasteiger partial charge in [-0.05, 0) is 42.3 Å². The second-order valence-corrected chi connectivity index (χ2v) is 6.73. The van der Waals surface area contributed by atoms with E-state index in [1.807, 2.05) is 13.8 Å². The van der Waals surface area contributed by atoms with Crippen LogP contribution in [0.5, 0.6) is 5.75 Å². The summed E-state index contributed by atoms with van der Waals surface area (Å²) in [6.45, 7) is 4.58. The van der Waals surface area contributed by atoms with E-state index in [0.717, 1.165) is 0 Å². The summed E-state index contributed by atoms with van der Waals surface area (Å²) in [5, 5.41) is 5.91. The fraction of sp³-hybridized carbons (Fsp3) is 0.300. The van der Waals surface area contributed by atoms with Crippen molar-refractivity contribution in [2.45, 2.75) is 19.9 Å². The normalized spacial score (nSPS) is 11.7. The summed E-state index contributed by atoms with van der Waals surface area (Å²) in [4.78, 5) is 25.1. The fourth-order valence-corrected chi connectivity index (χ4v) is 2.65. The first-order valence-corrected chi connectivity index (χ1v) is 9.09. The fourth-order valence-electron chi connectivity index (χ4n) is 2.43. The Balaban J connectivity index is 2.04. The molecule has 0 radical (unpaired) electrons. The first-order valence-electron chi connectivity index (χ1n) is 8.71. The molecule has 2 amide bonds. The topological polar surface area (TPSA) is 93.5 Å². The maximum absolute atomic E-state index is 12.7. The van der Waals surface area contributed by atoms with Crippen molar-refractivity contribution >= 4 is 29.1 Å². The number of halogens is 1. The molecule has 4 N–H and O–H groups in total. The molecule has 6 nitrogen and oxygen atoms in total. The quantitative estimate of drug-likeness (QED) is 0.646. The minimum absolute atomic E-state index is 0.108. The number of amides is 2. The Kier molecular flexibility index (Phi) is 7.64. The van der Waals surface area contributed by atoms with E-state index in [2.05, 4.69) is 10.6 Å². The van der Waals surface area contributed by atoms with Gasteiger partial charge in [-0.2, -0.15) is 0 Å². The van der Waals surface area contributed by atoms with Gasteiger partial charge in [-0.1, -0.05) is 37.6 Å². The molecule has 0 fully saturated rings. The van der Waals surface area contributed by atoms with Crippen molar-refractivity contribution in [2.24, 2.45) is 11.7 Å². The number of hydrogen-bond acceptors (Lipinski definition) is 4. The lowest BCUT2D eigenvalue weighted by Gasteiger charge is -2.22. The summed E-state index contributed by atoms with van der Waals surface area (Å²) in [6.07, 6.45) is 0. The smallest absolute Gasteiger partial charge is 0.253 e. The Labute approximate surface area is 164 Å². The molecule has 7 heteroatoms. The summed E-state index contributed by atoms with van der Waals surface area (Å²) in [6, 6.07) is 13.0. The summed E-state index contributed by atoms with van der Waals surface area (Å²) in [7, 11) is 0. The minimum Gasteiger partial charge on any atom is -0.492 e. The second-order valence-electron chi connectivity index (χ2n) is 6.33. The van der Waals surface area contributed by atoms with E-state index < -0.39 is 6.04 Å². The van der Waals surface area contributed by atoms with Crippen LogP contribution in [0.3, 0.4) is 0 Å². The van der Waals surface area contributed by atoms with Gasteiger partial charge in [-0.25, -0.2) is 0 Å². The highest BCUT2D eigenvalue weighted by atomic mass is 35.5. The zero-order valence-electron chi connectivity index (χ0n) is 15.4. The molecule has 0 bridgehead atoms. The highest BCUT2D eigenvalue weighted by Gasteiger charge is 2.25. The monoisotopic (exact) mass is 389 g/mol. The molecule has 0 aliphatic rings. The predicted molar refractivity (Wildman–Crippen MR) is 107 cm³/mol. The number of nitrogens with one attached hydrogen (secondary N) is 2. The number of ether oxygens (including phenoxy) is 1. The van der Waals surface area contributed by atoms with Crippen LogP contribution in [0.2, 0.25) is 5.02 Å². The van der Waals surface area contributed by atoms with Crippen molar-refractivity contribution < 1.29 is 14.3 Å². The lowest BCUT2D eigenvalue weighted by molar-refractivity contribution is -0.118. The molecule has 0 aromatic heterocycles. The van der Waals surface area contributed by atoms with Crippen molar-refractivity contribution in [1.29, 1.82) is 0 Å². The summed E-state index contributed by atoms with van der Waals surface area (Å²) < 4.78 is 5.41. The number of carbonyl (C=O) groups excluding carboxylic acids is 2. The molecule has 1 unspecified atom stereocenters. The van der Waals surface area contributed by atoms with Gasteiger partial charge in [0.15, 0.2) is 0 Å². The second kappa shape index (κ2) is 9.94. The van der Waals surface area contributed by atoms with Gasteiger partial charge in [0.2, 0.25) is 5.91 Å². The van der Waals surface area contributed by atoms with Gasteiger partial charge in [0, 0.05) is 12.2 Å². The van der Waals surface area contributed by atoms with Crippen molar-refractivity contribution in [3.63, 3.8) is 0 Å². The molecule has 144 valence electrons. The van der Waals surface area contributed by atoms with Crippen molar-refractivity contribution in [1.82, 2.24) is 5.32 Å². The van der Waals surface area contributed by atoms with E-state index in [1.54, 1.807) is 48.5 Å². The Morgan fingerprint density at radius 3 is 2.37 bits per heavy atom. The van der Waals surface area contributed by atoms with E-state index in [4.69, 9.17) is 22.1 Å². The van der Waals surface area contributed by atoms with Gasteiger partial charge in [-0.15, -0.1) is 0 Å². The summed E-state index contributed by atoms with van der Waals surface area (Å²) in [5.41, 5.74) is 6.34. The number of benzene rings is 2. The van der Waals surface area contributed by atoms with Crippen LogP contribution >= 0.6 is 11.6 Å². The lowest BCUT2D eigenvalue weighted by atomic mass is 10.0. The van der Waals surface area contributed by atoms with Gasteiger partial charge in [0.05, 0.1) is 10.6 Å². The third kappa shape index (κ3) is 5.98. The van der Waals surface area contributed by atoms with Gasteiger partial charge >= 0.3 is 0 Å². The molecule has 1 atom stereocenters. The number of hydrogen-bond donors (Lipinski definition) is 3. The highest BCUT2D eigenvalue weighted by Crippen LogP contribution is 2.18. The van der Waals surface area contributed by atoms with E-state index in [0.29, 0.717) is 35.2 Å². The Morgan fingerprint density at radius 2 is 1.78 bits per heavy atom. The average molecular weight is 390 g/mol. The van der Waals surface area contributed by atoms with Crippen LogP contribution in [0.25, 0.3) is 0 Å². The first kappa shape index (κ1) is 20.7. The Hall–Kier alpha value is -2.57. The molecule has 0 aliphatic heterocycles. The van der Waals surface area contributed by atoms with E-state index in [9.17, 15) is 9.59 Å². The molecule has 0 saturated heterocycles. The van der Waals surface area contributed by atoms with Gasteiger partial charge in [-0.3, -0.25) is 9.59 Å². The predicted octanol–water partition coefficient (Wildman–Crippen LogP) is 3.07. The minimum atomic E-state index is -0.707. The van der Waals surface area contributed by atoms with Crippen LogP contribution < -0.4 is 21.1 Å². The number of carbonyl (C=O) groups is 2. The van der Waals surface area contributed by atoms with Crippen LogP contribution in [0.4, 0.5) is 5.69 Å². The molecular formula is C20H24ClN3O3. The largest absolute Gasteiger partial charge is 0.492 e. The maximum Gasteiger partial charge on any atom is 0.253 e. The van der Waals surface area contributed by atoms with Crippen LogP contribution in [0.15, 0.2) is 48.5 Å². The average Bonchev–Trinajstić information content (AvgIpc) is 2.65. The maximum atomic E-state index is 12.7. The lowest BCUT2D eigenvalue weighted by Crippen LogP contribution is -2.47. The molecule has 0 spiro atoms. The Bertz CT molecular complexity index is 778. The SMILES string of the molecule is CC(C)C(NC(=O)c1ccccc1Cl)C(=O)Nc1ccc(OCCN)cc1. The number of rotatable bonds is 8. The van der Waals surface area contributed by atoms with Crippen LogP contribution in [-0.2, 0) is 4.79 Å². The van der Waals surface area contributed by atoms with Crippen LogP contribution in [0, 0.1) is 5.92 Å². The van der Waals surface area contributed by atoms with Crippen molar-refractivity contribution in [2.75, 3.05) is 18.5 Å². The molecule has 0 saturated carbocycles. The van der Waals surface area contributed by atoms with E-state index >= 15 is 0 Å². The van der Waals surface area contributed by atoms with E-state index in [-0.39, 0.29) is 17.7 Å². The molecule has 0 aliphatic carbocycles. The standard InChI is InChI=1S/C20H24ClN3O3/c1-13(2)18(24-19(25)16-5-3-4-6-17(16)21)20(26)23-14-7-9-15(10-8-14)27-12-11-22/h3-10,13,18H,11-12,22H2,1-2H3,(H,23,26)(H,24,25). The van der Waals surface area contributed by atoms with Gasteiger partial charge in [0.1, 0.15) is 18.4 Å². The van der Waals surface area contributed by atoms with Gasteiger partial charge < -0.3 is 21.1 Å². The number of anilines is 1. The molecule has 0 heterocycles. The van der Waals surface area contributed by atoms with Crippen molar-refractivity contribution in [3.8, 4) is 5.75 Å². The molecular weight excluding hydrogens is 366 g/mol. The van der Waals surface area contributed by atoms with Crippen molar-refractivity contribution in [3.05, 3.63) is 59.1 Å². The summed E-state index contributed by atoms with van der Waals surface area (Å²) >= 11 is 6.06. The highest BCUT2D eigenvalue weighted by molar-refractivity contribution is 6.33. The molecule has 27 heavy (non-hydrogen) atoms. The third-order valence-electron chi connectivity index (χ3n) is 3.86. The zero-order valence-corrected chi connectivity index (χ0v) is 16.1. The van der Waals surface area contributed by atoms with Gasteiger partial charge in [0.25, 0.3) is 5.91 Å². The number of nitrogens with two attached hydrogens (primary N) is 1. The van der Waals surface area contributed by atoms with E-state index in [1.165, 1.54) is 0 Å². The molecule has 2 aromatic carbocycles. The third-order valence-corrected chi connectivity index (χ3v) is 4.19. The Morgan fingerprint density at radius 1 is 1.11 bits per heavy atom. The van der Waals surface area contributed by atoms with Crippen LogP contribution in [0.1, 0.15) is 24.2 Å².